The topological polar surface area (TPSA) is 25.4 Å². The Bertz CT molecular complexity index is 620. The molecule has 4 heteroatoms. The Morgan fingerprint density at radius 2 is 1.63 bits per heavy atom. The van der Waals surface area contributed by atoms with E-state index >= 15 is 0 Å². The van der Waals surface area contributed by atoms with Crippen molar-refractivity contribution in [3.8, 4) is 0 Å². The highest BCUT2D eigenvalue weighted by molar-refractivity contribution is 6.74. The Morgan fingerprint density at radius 3 is 2.11 bits per heavy atom. The molecule has 1 aromatic heterocycles. The van der Waals surface area contributed by atoms with Gasteiger partial charge in [0.05, 0.1) is 17.5 Å². The van der Waals surface area contributed by atoms with Gasteiger partial charge in [-0.1, -0.05) is 47.6 Å². The lowest BCUT2D eigenvalue weighted by atomic mass is 9.87. The van der Waals surface area contributed by atoms with Gasteiger partial charge in [0, 0.05) is 18.6 Å². The second-order valence-electron chi connectivity index (χ2n) is 11.1. The van der Waals surface area contributed by atoms with Crippen LogP contribution in [0, 0.1) is 5.41 Å². The van der Waals surface area contributed by atoms with Crippen LogP contribution in [0.3, 0.4) is 0 Å². The fraction of sp³-hybridized carbons (Fsp3) is 0.783. The molecule has 0 spiro atoms. The van der Waals surface area contributed by atoms with Crippen LogP contribution in [0.15, 0.2) is 18.2 Å². The monoisotopic (exact) mass is 390 g/mol. The van der Waals surface area contributed by atoms with Crippen LogP contribution in [0.2, 0.25) is 18.1 Å². The summed E-state index contributed by atoms with van der Waals surface area (Å²) in [5.74, 6) is 0. The molecule has 1 saturated heterocycles. The van der Waals surface area contributed by atoms with Crippen LogP contribution in [-0.4, -0.2) is 30.3 Å². The number of nitrogens with zero attached hydrogens (tertiary/aromatic N) is 2. The summed E-state index contributed by atoms with van der Waals surface area (Å²) in [5, 5.41) is 0.189. The molecule has 1 fully saturated rings. The summed E-state index contributed by atoms with van der Waals surface area (Å²) in [6, 6.07) is 7.78. The van der Waals surface area contributed by atoms with Gasteiger partial charge in [0.15, 0.2) is 8.32 Å². The Labute approximate surface area is 169 Å². The van der Waals surface area contributed by atoms with Crippen LogP contribution in [0.1, 0.15) is 85.7 Å². The van der Waals surface area contributed by atoms with E-state index in [9.17, 15) is 0 Å². The maximum absolute atomic E-state index is 6.88. The van der Waals surface area contributed by atoms with Crippen molar-refractivity contribution in [2.45, 2.75) is 111 Å². The molecule has 27 heavy (non-hydrogen) atoms. The normalized spacial score (nSPS) is 23.6. The van der Waals surface area contributed by atoms with Gasteiger partial charge in [-0.25, -0.2) is 0 Å². The Kier molecular flexibility index (Phi) is 6.66. The third-order valence-electron chi connectivity index (χ3n) is 6.58. The van der Waals surface area contributed by atoms with E-state index in [-0.39, 0.29) is 16.6 Å². The average Bonchev–Trinajstić information content (AvgIpc) is 2.83. The molecule has 1 aromatic rings. The van der Waals surface area contributed by atoms with Gasteiger partial charge in [-0.2, -0.15) is 0 Å². The van der Waals surface area contributed by atoms with E-state index < -0.39 is 8.32 Å². The maximum atomic E-state index is 6.88. The van der Waals surface area contributed by atoms with Crippen molar-refractivity contribution < 1.29 is 4.43 Å². The number of pyridine rings is 1. The molecule has 1 aliphatic heterocycles. The molecular formula is C23H42N2OSi. The van der Waals surface area contributed by atoms with Crippen molar-refractivity contribution in [2.24, 2.45) is 5.41 Å². The molecule has 0 amide bonds. The molecule has 3 nitrogen and oxygen atoms in total. The van der Waals surface area contributed by atoms with Gasteiger partial charge in [0.25, 0.3) is 0 Å². The van der Waals surface area contributed by atoms with Crippen molar-refractivity contribution in [1.29, 1.82) is 0 Å². The summed E-state index contributed by atoms with van der Waals surface area (Å²) in [7, 11) is -1.89. The van der Waals surface area contributed by atoms with Crippen LogP contribution in [0.4, 0.5) is 0 Å². The third kappa shape index (κ3) is 5.42. The van der Waals surface area contributed by atoms with E-state index in [1.807, 2.05) is 0 Å². The average molecular weight is 391 g/mol. The van der Waals surface area contributed by atoms with Crippen LogP contribution in [0.25, 0.3) is 0 Å². The van der Waals surface area contributed by atoms with Crippen molar-refractivity contribution >= 4 is 8.32 Å². The lowest BCUT2D eigenvalue weighted by Gasteiger charge is -2.43. The Hall–Kier alpha value is -0.713. The van der Waals surface area contributed by atoms with E-state index in [1.54, 1.807) is 0 Å². The van der Waals surface area contributed by atoms with Gasteiger partial charge in [0.1, 0.15) is 0 Å². The SMILES string of the molecule is C[C@@H]1CC[C@@H](C)N1Cc1cccc([C@H](O[Si](C)(C)C(C)(C)C)C(C)(C)C)n1. The number of rotatable bonds is 5. The van der Waals surface area contributed by atoms with Crippen LogP contribution in [0.5, 0.6) is 0 Å². The predicted octanol–water partition coefficient (Wildman–Crippen LogP) is 6.56. The van der Waals surface area contributed by atoms with Gasteiger partial charge in [-0.05, 0) is 62.4 Å². The van der Waals surface area contributed by atoms with Gasteiger partial charge < -0.3 is 4.43 Å². The van der Waals surface area contributed by atoms with Gasteiger partial charge in [0.2, 0.25) is 0 Å². The summed E-state index contributed by atoms with van der Waals surface area (Å²) in [6.07, 6.45) is 2.60. The fourth-order valence-corrected chi connectivity index (χ4v) is 5.05. The zero-order valence-corrected chi connectivity index (χ0v) is 20.4. The summed E-state index contributed by atoms with van der Waals surface area (Å²) in [6.45, 7) is 24.0. The summed E-state index contributed by atoms with van der Waals surface area (Å²) in [5.41, 5.74) is 2.26. The lowest BCUT2D eigenvalue weighted by Crippen LogP contribution is -2.44. The van der Waals surface area contributed by atoms with E-state index in [4.69, 9.17) is 9.41 Å². The summed E-state index contributed by atoms with van der Waals surface area (Å²) < 4.78 is 6.88. The molecule has 1 aliphatic rings. The lowest BCUT2D eigenvalue weighted by molar-refractivity contribution is 0.0686. The Balaban J connectivity index is 2.29. The zero-order chi connectivity index (χ0) is 20.6. The van der Waals surface area contributed by atoms with Crippen molar-refractivity contribution in [1.82, 2.24) is 9.88 Å². The van der Waals surface area contributed by atoms with Gasteiger partial charge >= 0.3 is 0 Å². The number of hydrogen-bond acceptors (Lipinski definition) is 3. The molecular weight excluding hydrogens is 348 g/mol. The highest BCUT2D eigenvalue weighted by atomic mass is 28.4. The van der Waals surface area contributed by atoms with Crippen LogP contribution in [-0.2, 0) is 11.0 Å². The number of aromatic nitrogens is 1. The molecule has 3 atom stereocenters. The first-order valence-corrected chi connectivity index (χ1v) is 13.5. The largest absolute Gasteiger partial charge is 0.408 e. The second-order valence-corrected chi connectivity index (χ2v) is 15.9. The smallest absolute Gasteiger partial charge is 0.193 e. The number of hydrogen-bond donors (Lipinski definition) is 0. The molecule has 0 unspecified atom stereocenters. The first-order chi connectivity index (χ1) is 12.2. The fourth-order valence-electron chi connectivity index (χ4n) is 3.63. The Morgan fingerprint density at radius 1 is 1.07 bits per heavy atom. The van der Waals surface area contributed by atoms with Crippen LogP contribution >= 0.6 is 0 Å². The molecule has 0 N–H and O–H groups in total. The van der Waals surface area contributed by atoms with Crippen molar-refractivity contribution in [3.63, 3.8) is 0 Å². The van der Waals surface area contributed by atoms with E-state index in [0.717, 1.165) is 12.2 Å². The maximum Gasteiger partial charge on any atom is 0.193 e. The molecule has 0 aromatic carbocycles. The highest BCUT2D eigenvalue weighted by Gasteiger charge is 2.42. The molecule has 0 aliphatic carbocycles. The predicted molar refractivity (Wildman–Crippen MR) is 118 cm³/mol. The molecule has 0 saturated carbocycles. The van der Waals surface area contributed by atoms with Gasteiger partial charge in [-0.15, -0.1) is 0 Å². The van der Waals surface area contributed by atoms with Crippen molar-refractivity contribution in [2.75, 3.05) is 0 Å². The minimum Gasteiger partial charge on any atom is -0.408 e. The molecule has 0 bridgehead atoms. The van der Waals surface area contributed by atoms with Crippen molar-refractivity contribution in [3.05, 3.63) is 29.6 Å². The summed E-state index contributed by atoms with van der Waals surface area (Å²) >= 11 is 0. The minimum absolute atomic E-state index is 0.00930. The van der Waals surface area contributed by atoms with E-state index in [2.05, 4.69) is 91.6 Å². The summed E-state index contributed by atoms with van der Waals surface area (Å²) in [4.78, 5) is 7.68. The molecule has 2 heterocycles. The van der Waals surface area contributed by atoms with Gasteiger partial charge in [-0.3, -0.25) is 9.88 Å². The number of likely N-dealkylation sites (tertiary alicyclic amines) is 1. The molecule has 0 radical (unpaired) electrons. The first-order valence-electron chi connectivity index (χ1n) is 10.6. The van der Waals surface area contributed by atoms with Crippen LogP contribution < -0.4 is 0 Å². The van der Waals surface area contributed by atoms with E-state index in [0.29, 0.717) is 12.1 Å². The minimum atomic E-state index is -1.89. The van der Waals surface area contributed by atoms with E-state index in [1.165, 1.54) is 18.5 Å². The zero-order valence-electron chi connectivity index (χ0n) is 19.4. The second kappa shape index (κ2) is 7.96. The third-order valence-corrected chi connectivity index (χ3v) is 11.0. The highest BCUT2D eigenvalue weighted by Crippen LogP contribution is 2.44. The first kappa shape index (κ1) is 22.6. The standard InChI is InChI=1S/C23H42N2OSi/c1-17-14-15-18(2)25(17)16-19-12-11-13-20(24-19)21(22(3,4)5)26-27(9,10)23(6,7)8/h11-13,17-18,21H,14-16H2,1-10H3/t17-,18-,21+/m1/s1. The molecule has 154 valence electrons. The quantitative estimate of drug-likeness (QED) is 0.532. The molecule has 2 rings (SSSR count).